The molecule has 0 aliphatic carbocycles. The standard InChI is InChI=1S/C23H21N3/c1-2-26-14-11-19-20(15-26)23(17-9-12-24-13-10-17)25-21-8-7-16-5-3-4-6-18(16)22(19)21/h3-10,12-13H,2,11,14-15H2,1H3. The van der Waals surface area contributed by atoms with E-state index in [2.05, 4.69) is 65.3 Å². The Hall–Kier alpha value is -2.78. The lowest BCUT2D eigenvalue weighted by Gasteiger charge is -2.30. The summed E-state index contributed by atoms with van der Waals surface area (Å²) in [7, 11) is 0. The molecule has 1 aliphatic rings. The highest BCUT2D eigenvalue weighted by Gasteiger charge is 2.23. The number of fused-ring (bicyclic) bond motifs is 5. The molecule has 1 aliphatic heterocycles. The molecule has 0 atom stereocenters. The van der Waals surface area contributed by atoms with E-state index in [0.717, 1.165) is 42.8 Å². The van der Waals surface area contributed by atoms with Gasteiger partial charge in [-0.2, -0.15) is 0 Å². The van der Waals surface area contributed by atoms with Crippen LogP contribution in [0, 0.1) is 0 Å². The second-order valence-corrected chi connectivity index (χ2v) is 6.95. The molecular weight excluding hydrogens is 318 g/mol. The van der Waals surface area contributed by atoms with Crippen LogP contribution in [-0.2, 0) is 13.0 Å². The number of benzene rings is 2. The van der Waals surface area contributed by atoms with Crippen molar-refractivity contribution in [1.29, 1.82) is 0 Å². The van der Waals surface area contributed by atoms with Crippen molar-refractivity contribution in [2.24, 2.45) is 0 Å². The van der Waals surface area contributed by atoms with E-state index in [0.29, 0.717) is 0 Å². The number of hydrogen-bond acceptors (Lipinski definition) is 3. The van der Waals surface area contributed by atoms with Gasteiger partial charge in [-0.15, -0.1) is 0 Å². The molecule has 2 aromatic heterocycles. The van der Waals surface area contributed by atoms with Gasteiger partial charge in [0.1, 0.15) is 0 Å². The van der Waals surface area contributed by atoms with Crippen molar-refractivity contribution in [3.63, 3.8) is 0 Å². The molecule has 0 radical (unpaired) electrons. The fraction of sp³-hybridized carbons (Fsp3) is 0.217. The Bertz CT molecular complexity index is 1100. The lowest BCUT2D eigenvalue weighted by atomic mass is 9.89. The summed E-state index contributed by atoms with van der Waals surface area (Å²) in [5, 5.41) is 3.95. The van der Waals surface area contributed by atoms with E-state index in [1.807, 2.05) is 12.4 Å². The van der Waals surface area contributed by atoms with Crippen LogP contribution in [0.5, 0.6) is 0 Å². The molecule has 3 heterocycles. The molecule has 0 spiro atoms. The Labute approximate surface area is 153 Å². The first-order valence-corrected chi connectivity index (χ1v) is 9.31. The maximum atomic E-state index is 5.12. The van der Waals surface area contributed by atoms with Crippen LogP contribution in [0.2, 0.25) is 0 Å². The number of pyridine rings is 2. The van der Waals surface area contributed by atoms with Gasteiger partial charge in [0.2, 0.25) is 0 Å². The van der Waals surface area contributed by atoms with E-state index in [1.54, 1.807) is 0 Å². The van der Waals surface area contributed by atoms with E-state index in [1.165, 1.54) is 27.3 Å². The monoisotopic (exact) mass is 339 g/mol. The Balaban J connectivity index is 1.88. The zero-order chi connectivity index (χ0) is 17.5. The first-order chi connectivity index (χ1) is 12.8. The maximum absolute atomic E-state index is 5.12. The van der Waals surface area contributed by atoms with Crippen LogP contribution in [0.4, 0.5) is 0 Å². The van der Waals surface area contributed by atoms with Crippen LogP contribution in [0.1, 0.15) is 18.1 Å². The van der Waals surface area contributed by atoms with E-state index in [4.69, 9.17) is 4.98 Å². The van der Waals surface area contributed by atoms with Crippen molar-refractivity contribution in [2.45, 2.75) is 19.9 Å². The summed E-state index contributed by atoms with van der Waals surface area (Å²) < 4.78 is 0. The summed E-state index contributed by atoms with van der Waals surface area (Å²) in [6.07, 6.45) is 4.79. The maximum Gasteiger partial charge on any atom is 0.0758 e. The highest BCUT2D eigenvalue weighted by Crippen LogP contribution is 2.37. The van der Waals surface area contributed by atoms with Crippen LogP contribution in [0.25, 0.3) is 32.9 Å². The smallest absolute Gasteiger partial charge is 0.0758 e. The predicted octanol–water partition coefficient (Wildman–Crippen LogP) is 4.83. The van der Waals surface area contributed by atoms with Crippen molar-refractivity contribution in [3.8, 4) is 11.3 Å². The van der Waals surface area contributed by atoms with Crippen LogP contribution in [0.15, 0.2) is 60.9 Å². The van der Waals surface area contributed by atoms with Crippen molar-refractivity contribution in [1.82, 2.24) is 14.9 Å². The Kier molecular flexibility index (Phi) is 3.68. The molecule has 3 heteroatoms. The fourth-order valence-corrected chi connectivity index (χ4v) is 4.19. The third kappa shape index (κ3) is 2.39. The van der Waals surface area contributed by atoms with Crippen LogP contribution < -0.4 is 0 Å². The van der Waals surface area contributed by atoms with Crippen molar-refractivity contribution < 1.29 is 0 Å². The van der Waals surface area contributed by atoms with Gasteiger partial charge in [-0.1, -0.05) is 37.3 Å². The molecule has 0 unspecified atom stereocenters. The summed E-state index contributed by atoms with van der Waals surface area (Å²) >= 11 is 0. The average Bonchev–Trinajstić information content (AvgIpc) is 2.73. The summed E-state index contributed by atoms with van der Waals surface area (Å²) in [5.41, 5.74) is 6.23. The number of hydrogen-bond donors (Lipinski definition) is 0. The topological polar surface area (TPSA) is 29.0 Å². The summed E-state index contributed by atoms with van der Waals surface area (Å²) in [6.45, 7) is 5.39. The summed E-state index contributed by atoms with van der Waals surface area (Å²) in [4.78, 5) is 11.8. The number of rotatable bonds is 2. The number of nitrogens with zero attached hydrogens (tertiary/aromatic N) is 3. The molecule has 5 rings (SSSR count). The van der Waals surface area contributed by atoms with Gasteiger partial charge in [-0.25, -0.2) is 4.98 Å². The second-order valence-electron chi connectivity index (χ2n) is 6.95. The molecule has 0 bridgehead atoms. The van der Waals surface area contributed by atoms with Gasteiger partial charge in [-0.05, 0) is 53.1 Å². The minimum Gasteiger partial charge on any atom is -0.299 e. The van der Waals surface area contributed by atoms with Crippen LogP contribution in [-0.4, -0.2) is 28.0 Å². The molecule has 0 fully saturated rings. The second kappa shape index (κ2) is 6.19. The molecule has 26 heavy (non-hydrogen) atoms. The highest BCUT2D eigenvalue weighted by atomic mass is 15.1. The normalized spacial score (nSPS) is 14.7. The molecule has 3 nitrogen and oxygen atoms in total. The summed E-state index contributed by atoms with van der Waals surface area (Å²) in [5.74, 6) is 0. The first-order valence-electron chi connectivity index (χ1n) is 9.31. The van der Waals surface area contributed by atoms with Gasteiger partial charge >= 0.3 is 0 Å². The molecule has 4 aromatic rings. The van der Waals surface area contributed by atoms with Gasteiger partial charge in [0, 0.05) is 36.4 Å². The van der Waals surface area contributed by atoms with E-state index in [-0.39, 0.29) is 0 Å². The number of likely N-dealkylation sites (N-methyl/N-ethyl adjacent to an activating group) is 1. The quantitative estimate of drug-likeness (QED) is 0.490. The van der Waals surface area contributed by atoms with E-state index in [9.17, 15) is 0 Å². The first kappa shape index (κ1) is 15.5. The molecule has 0 amide bonds. The van der Waals surface area contributed by atoms with Gasteiger partial charge < -0.3 is 0 Å². The highest BCUT2D eigenvalue weighted by molar-refractivity contribution is 6.09. The Morgan fingerprint density at radius 1 is 0.962 bits per heavy atom. The summed E-state index contributed by atoms with van der Waals surface area (Å²) in [6, 6.07) is 17.2. The van der Waals surface area contributed by atoms with Crippen molar-refractivity contribution in [2.75, 3.05) is 13.1 Å². The van der Waals surface area contributed by atoms with Gasteiger partial charge in [0.25, 0.3) is 0 Å². The SMILES string of the molecule is CCN1CCc2c(c(-c3ccncc3)nc3ccc4ccccc4c23)C1. The van der Waals surface area contributed by atoms with Crippen molar-refractivity contribution >= 4 is 21.7 Å². The third-order valence-corrected chi connectivity index (χ3v) is 5.55. The largest absolute Gasteiger partial charge is 0.299 e. The minimum absolute atomic E-state index is 0.968. The van der Waals surface area contributed by atoms with Gasteiger partial charge in [0.05, 0.1) is 11.2 Å². The Morgan fingerprint density at radius 2 is 1.81 bits per heavy atom. The molecule has 128 valence electrons. The van der Waals surface area contributed by atoms with E-state index >= 15 is 0 Å². The van der Waals surface area contributed by atoms with Crippen molar-refractivity contribution in [3.05, 3.63) is 72.1 Å². The zero-order valence-corrected chi connectivity index (χ0v) is 14.9. The molecule has 0 saturated heterocycles. The molecule has 0 saturated carbocycles. The van der Waals surface area contributed by atoms with E-state index < -0.39 is 0 Å². The van der Waals surface area contributed by atoms with Crippen LogP contribution >= 0.6 is 0 Å². The lowest BCUT2D eigenvalue weighted by molar-refractivity contribution is 0.269. The van der Waals surface area contributed by atoms with Gasteiger partial charge in [0.15, 0.2) is 0 Å². The molecule has 2 aromatic carbocycles. The Morgan fingerprint density at radius 3 is 2.65 bits per heavy atom. The fourth-order valence-electron chi connectivity index (χ4n) is 4.19. The molecule has 0 N–H and O–H groups in total. The molecular formula is C23H21N3. The number of aromatic nitrogens is 2. The lowest BCUT2D eigenvalue weighted by Crippen LogP contribution is -2.31. The third-order valence-electron chi connectivity index (χ3n) is 5.55. The van der Waals surface area contributed by atoms with Gasteiger partial charge in [-0.3, -0.25) is 9.88 Å². The zero-order valence-electron chi connectivity index (χ0n) is 14.9. The average molecular weight is 339 g/mol. The minimum atomic E-state index is 0.968. The predicted molar refractivity (Wildman–Crippen MR) is 107 cm³/mol. The van der Waals surface area contributed by atoms with Crippen LogP contribution in [0.3, 0.4) is 0 Å².